The number of benzene rings is 2. The van der Waals surface area contributed by atoms with E-state index in [2.05, 4.69) is 63.2 Å². The number of carbonyl (C=O) groups is 1. The van der Waals surface area contributed by atoms with Crippen LogP contribution in [0.4, 0.5) is 0 Å². The topological polar surface area (TPSA) is 20.3 Å². The number of hydrogen-bond donors (Lipinski definition) is 0. The highest BCUT2D eigenvalue weighted by Crippen LogP contribution is 2.25. The molecule has 1 aliphatic heterocycles. The Morgan fingerprint density at radius 1 is 1.09 bits per heavy atom. The molecule has 0 N–H and O–H groups in total. The fourth-order valence-corrected chi connectivity index (χ4v) is 3.53. The summed E-state index contributed by atoms with van der Waals surface area (Å²) >= 11 is 0. The van der Waals surface area contributed by atoms with Gasteiger partial charge in [0.2, 0.25) is 5.91 Å². The Balaban J connectivity index is 1.75. The third-order valence-electron chi connectivity index (χ3n) is 4.77. The Bertz CT molecular complexity index is 689. The van der Waals surface area contributed by atoms with Gasteiger partial charge in [0.25, 0.3) is 0 Å². The number of carbonyl (C=O) groups excluding carboxylic acids is 1. The minimum Gasteiger partial charge on any atom is -0.339 e. The Hall–Kier alpha value is -2.09. The van der Waals surface area contributed by atoms with Gasteiger partial charge in [-0.25, -0.2) is 0 Å². The van der Waals surface area contributed by atoms with Crippen molar-refractivity contribution in [1.29, 1.82) is 0 Å². The zero-order chi connectivity index (χ0) is 16.4. The van der Waals surface area contributed by atoms with Crippen LogP contribution in [0.15, 0.2) is 48.5 Å². The van der Waals surface area contributed by atoms with Gasteiger partial charge in [0, 0.05) is 12.6 Å². The van der Waals surface area contributed by atoms with E-state index in [4.69, 9.17) is 0 Å². The number of amides is 1. The second-order valence-corrected chi connectivity index (χ2v) is 6.98. The molecule has 3 rings (SSSR count). The number of hydrogen-bond acceptors (Lipinski definition) is 1. The lowest BCUT2D eigenvalue weighted by Gasteiger charge is -2.21. The van der Waals surface area contributed by atoms with Gasteiger partial charge in [-0.3, -0.25) is 4.79 Å². The zero-order valence-corrected chi connectivity index (χ0v) is 14.3. The average molecular weight is 307 g/mol. The summed E-state index contributed by atoms with van der Waals surface area (Å²) in [5, 5.41) is 0. The minimum absolute atomic E-state index is 0.253. The summed E-state index contributed by atoms with van der Waals surface area (Å²) in [7, 11) is 0. The lowest BCUT2D eigenvalue weighted by molar-refractivity contribution is -0.131. The normalized spacial score (nSPS) is 20.7. The Kier molecular flexibility index (Phi) is 4.51. The van der Waals surface area contributed by atoms with Crippen LogP contribution in [-0.4, -0.2) is 23.4 Å². The van der Waals surface area contributed by atoms with Gasteiger partial charge in [0.1, 0.15) is 0 Å². The largest absolute Gasteiger partial charge is 0.339 e. The fraction of sp³-hybridized carbons (Fsp3) is 0.381. The van der Waals surface area contributed by atoms with Gasteiger partial charge in [-0.2, -0.15) is 0 Å². The van der Waals surface area contributed by atoms with Crippen molar-refractivity contribution in [3.05, 3.63) is 59.7 Å². The smallest absolute Gasteiger partial charge is 0.227 e. The van der Waals surface area contributed by atoms with Crippen LogP contribution in [0.3, 0.4) is 0 Å². The molecule has 120 valence electrons. The van der Waals surface area contributed by atoms with Crippen LogP contribution in [0.2, 0.25) is 0 Å². The molecule has 2 atom stereocenters. The standard InChI is InChI=1S/C21H25NO/c1-15-7-9-19(10-8-15)20-6-4-5-18(12-20)13-21(23)22-14-16(2)11-17(22)3/h4-10,12,16-17H,11,13-14H2,1-3H3/t16-,17?/m1/s1. The molecule has 2 nitrogen and oxygen atoms in total. The molecule has 1 saturated heterocycles. The van der Waals surface area contributed by atoms with Crippen molar-refractivity contribution >= 4 is 5.91 Å². The summed E-state index contributed by atoms with van der Waals surface area (Å²) in [4.78, 5) is 14.6. The first-order chi connectivity index (χ1) is 11.0. The summed E-state index contributed by atoms with van der Waals surface area (Å²) in [5.41, 5.74) is 4.74. The molecule has 1 amide bonds. The summed E-state index contributed by atoms with van der Waals surface area (Å²) in [6.07, 6.45) is 1.62. The van der Waals surface area contributed by atoms with Crippen molar-refractivity contribution in [1.82, 2.24) is 4.90 Å². The van der Waals surface area contributed by atoms with Gasteiger partial charge < -0.3 is 4.90 Å². The molecule has 1 unspecified atom stereocenters. The van der Waals surface area contributed by atoms with Crippen LogP contribution >= 0.6 is 0 Å². The minimum atomic E-state index is 0.253. The van der Waals surface area contributed by atoms with E-state index in [1.54, 1.807) is 0 Å². The first-order valence-electron chi connectivity index (χ1n) is 8.48. The van der Waals surface area contributed by atoms with Gasteiger partial charge in [-0.15, -0.1) is 0 Å². The summed E-state index contributed by atoms with van der Waals surface area (Å²) in [5.74, 6) is 0.871. The van der Waals surface area contributed by atoms with Crippen LogP contribution in [0, 0.1) is 12.8 Å². The van der Waals surface area contributed by atoms with Crippen molar-refractivity contribution in [2.24, 2.45) is 5.92 Å². The molecule has 0 aromatic heterocycles. The van der Waals surface area contributed by atoms with Crippen molar-refractivity contribution < 1.29 is 4.79 Å². The number of rotatable bonds is 3. The summed E-state index contributed by atoms with van der Waals surface area (Å²) in [6.45, 7) is 7.38. The van der Waals surface area contributed by atoms with Crippen LogP contribution in [-0.2, 0) is 11.2 Å². The molecule has 0 aliphatic carbocycles. The van der Waals surface area contributed by atoms with Crippen LogP contribution in [0.5, 0.6) is 0 Å². The highest BCUT2D eigenvalue weighted by Gasteiger charge is 2.29. The second kappa shape index (κ2) is 6.57. The lowest BCUT2D eigenvalue weighted by Crippen LogP contribution is -2.35. The lowest BCUT2D eigenvalue weighted by atomic mass is 10.0. The molecule has 1 fully saturated rings. The molecule has 2 heteroatoms. The molecule has 1 heterocycles. The number of aryl methyl sites for hydroxylation is 1. The first-order valence-corrected chi connectivity index (χ1v) is 8.48. The van der Waals surface area contributed by atoms with Crippen molar-refractivity contribution in [3.8, 4) is 11.1 Å². The third-order valence-corrected chi connectivity index (χ3v) is 4.77. The maximum absolute atomic E-state index is 12.6. The molecule has 23 heavy (non-hydrogen) atoms. The number of nitrogens with zero attached hydrogens (tertiary/aromatic N) is 1. The quantitative estimate of drug-likeness (QED) is 0.819. The maximum atomic E-state index is 12.6. The van der Waals surface area contributed by atoms with Crippen LogP contribution in [0.25, 0.3) is 11.1 Å². The van der Waals surface area contributed by atoms with Gasteiger partial charge >= 0.3 is 0 Å². The van der Waals surface area contributed by atoms with Crippen molar-refractivity contribution in [2.45, 2.75) is 39.7 Å². The molecular weight excluding hydrogens is 282 g/mol. The Morgan fingerprint density at radius 3 is 2.48 bits per heavy atom. The Labute approximate surface area is 139 Å². The maximum Gasteiger partial charge on any atom is 0.227 e. The summed E-state index contributed by atoms with van der Waals surface area (Å²) in [6, 6.07) is 17.3. The van der Waals surface area contributed by atoms with E-state index in [1.165, 1.54) is 16.7 Å². The first kappa shape index (κ1) is 15.8. The van der Waals surface area contributed by atoms with Crippen LogP contribution < -0.4 is 0 Å². The molecular formula is C21H25NO. The van der Waals surface area contributed by atoms with E-state index in [0.29, 0.717) is 18.4 Å². The molecule has 2 aromatic rings. The van der Waals surface area contributed by atoms with Gasteiger partial charge in [-0.1, -0.05) is 61.0 Å². The SMILES string of the molecule is Cc1ccc(-c2cccc(CC(=O)N3C[C@H](C)CC3C)c2)cc1. The van der Waals surface area contributed by atoms with Gasteiger partial charge in [-0.05, 0) is 42.9 Å². The van der Waals surface area contributed by atoms with Crippen molar-refractivity contribution in [3.63, 3.8) is 0 Å². The molecule has 0 spiro atoms. The van der Waals surface area contributed by atoms with E-state index >= 15 is 0 Å². The zero-order valence-electron chi connectivity index (χ0n) is 14.3. The van der Waals surface area contributed by atoms with E-state index in [0.717, 1.165) is 18.5 Å². The van der Waals surface area contributed by atoms with E-state index in [1.807, 2.05) is 11.0 Å². The van der Waals surface area contributed by atoms with E-state index < -0.39 is 0 Å². The third kappa shape index (κ3) is 3.64. The highest BCUT2D eigenvalue weighted by atomic mass is 16.2. The molecule has 0 bridgehead atoms. The fourth-order valence-electron chi connectivity index (χ4n) is 3.53. The predicted molar refractivity (Wildman–Crippen MR) is 95.3 cm³/mol. The number of likely N-dealkylation sites (tertiary alicyclic amines) is 1. The highest BCUT2D eigenvalue weighted by molar-refractivity contribution is 5.80. The summed E-state index contributed by atoms with van der Waals surface area (Å²) < 4.78 is 0. The van der Waals surface area contributed by atoms with E-state index in [9.17, 15) is 4.79 Å². The Morgan fingerprint density at radius 2 is 1.83 bits per heavy atom. The van der Waals surface area contributed by atoms with Crippen molar-refractivity contribution in [2.75, 3.05) is 6.54 Å². The second-order valence-electron chi connectivity index (χ2n) is 6.98. The van der Waals surface area contributed by atoms with Crippen LogP contribution in [0.1, 0.15) is 31.4 Å². The molecule has 0 radical (unpaired) electrons. The van der Waals surface area contributed by atoms with Gasteiger partial charge in [0.05, 0.1) is 6.42 Å². The molecule has 0 saturated carbocycles. The molecule has 2 aromatic carbocycles. The monoisotopic (exact) mass is 307 g/mol. The predicted octanol–water partition coefficient (Wildman–Crippen LogP) is 4.46. The molecule has 1 aliphatic rings. The average Bonchev–Trinajstić information content (AvgIpc) is 2.87. The van der Waals surface area contributed by atoms with Gasteiger partial charge in [0.15, 0.2) is 0 Å². The van der Waals surface area contributed by atoms with E-state index in [-0.39, 0.29) is 5.91 Å².